The highest BCUT2D eigenvalue weighted by molar-refractivity contribution is 9.10. The zero-order valence-electron chi connectivity index (χ0n) is 11.0. The van der Waals surface area contributed by atoms with E-state index in [0.717, 1.165) is 16.5 Å². The van der Waals surface area contributed by atoms with Crippen LogP contribution in [-0.4, -0.2) is 36.0 Å². The molecule has 1 aromatic rings. The fraction of sp³-hybridized carbons (Fsp3) is 0.429. The van der Waals surface area contributed by atoms with Gasteiger partial charge in [-0.3, -0.25) is 4.79 Å². The predicted octanol–water partition coefficient (Wildman–Crippen LogP) is 2.40. The van der Waals surface area contributed by atoms with Crippen LogP contribution in [0.25, 0.3) is 0 Å². The molecule has 0 fully saturated rings. The Labute approximate surface area is 120 Å². The van der Waals surface area contributed by atoms with Crippen molar-refractivity contribution in [2.24, 2.45) is 0 Å². The summed E-state index contributed by atoms with van der Waals surface area (Å²) in [4.78, 5) is 25.7. The number of hydrogen-bond donors (Lipinski definition) is 0. The number of nitrogens with zero attached hydrogens (tertiary/aromatic N) is 1. The Hall–Kier alpha value is -1.36. The minimum Gasteiger partial charge on any atom is -0.464 e. The van der Waals surface area contributed by atoms with Crippen molar-refractivity contribution in [3.63, 3.8) is 0 Å². The van der Waals surface area contributed by atoms with Gasteiger partial charge in [-0.2, -0.15) is 0 Å². The summed E-state index contributed by atoms with van der Waals surface area (Å²) in [7, 11) is 0. The van der Waals surface area contributed by atoms with E-state index in [1.807, 2.05) is 12.1 Å². The molecule has 1 heterocycles. The molecule has 5 heteroatoms. The zero-order valence-corrected chi connectivity index (χ0v) is 12.6. The van der Waals surface area contributed by atoms with Gasteiger partial charge in [-0.15, -0.1) is 0 Å². The van der Waals surface area contributed by atoms with Gasteiger partial charge >= 0.3 is 5.97 Å². The summed E-state index contributed by atoms with van der Waals surface area (Å²) < 4.78 is 5.94. The SMILES string of the molecule is CCOC(=O)C(C)N1CCc2cc(Br)ccc2C1=O. The van der Waals surface area contributed by atoms with Crippen LogP contribution in [0.15, 0.2) is 22.7 Å². The van der Waals surface area contributed by atoms with Gasteiger partial charge in [-0.25, -0.2) is 4.79 Å². The maximum absolute atomic E-state index is 12.4. The molecule has 1 aliphatic rings. The van der Waals surface area contributed by atoms with E-state index in [1.165, 1.54) is 0 Å². The Morgan fingerprint density at radius 1 is 1.53 bits per heavy atom. The van der Waals surface area contributed by atoms with Crippen molar-refractivity contribution in [1.29, 1.82) is 0 Å². The molecule has 0 aromatic heterocycles. The lowest BCUT2D eigenvalue weighted by Gasteiger charge is -2.32. The summed E-state index contributed by atoms with van der Waals surface area (Å²) in [6.07, 6.45) is 0.754. The minimum atomic E-state index is -0.538. The van der Waals surface area contributed by atoms with E-state index in [2.05, 4.69) is 15.9 Å². The van der Waals surface area contributed by atoms with Crippen LogP contribution in [0.2, 0.25) is 0 Å². The monoisotopic (exact) mass is 325 g/mol. The van der Waals surface area contributed by atoms with Crippen molar-refractivity contribution in [2.75, 3.05) is 13.2 Å². The van der Waals surface area contributed by atoms with E-state index in [-0.39, 0.29) is 11.9 Å². The highest BCUT2D eigenvalue weighted by Crippen LogP contribution is 2.24. The molecule has 1 atom stereocenters. The number of amides is 1. The van der Waals surface area contributed by atoms with Gasteiger partial charge in [-0.1, -0.05) is 15.9 Å². The molecule has 1 amide bonds. The van der Waals surface area contributed by atoms with Crippen LogP contribution >= 0.6 is 15.9 Å². The fourth-order valence-electron chi connectivity index (χ4n) is 2.23. The van der Waals surface area contributed by atoms with Crippen LogP contribution in [-0.2, 0) is 16.0 Å². The minimum absolute atomic E-state index is 0.102. The van der Waals surface area contributed by atoms with E-state index in [4.69, 9.17) is 4.74 Å². The highest BCUT2D eigenvalue weighted by atomic mass is 79.9. The van der Waals surface area contributed by atoms with E-state index in [1.54, 1.807) is 24.8 Å². The average Bonchev–Trinajstić information content (AvgIpc) is 2.38. The number of halogens is 1. The van der Waals surface area contributed by atoms with Crippen molar-refractivity contribution in [3.05, 3.63) is 33.8 Å². The van der Waals surface area contributed by atoms with Gasteiger partial charge in [0, 0.05) is 16.6 Å². The van der Waals surface area contributed by atoms with Crippen LogP contribution < -0.4 is 0 Å². The molecule has 0 bridgehead atoms. The summed E-state index contributed by atoms with van der Waals surface area (Å²) >= 11 is 3.40. The molecule has 1 aliphatic heterocycles. The van der Waals surface area contributed by atoms with Crippen molar-refractivity contribution in [2.45, 2.75) is 26.3 Å². The largest absolute Gasteiger partial charge is 0.464 e. The van der Waals surface area contributed by atoms with Gasteiger partial charge < -0.3 is 9.64 Å². The predicted molar refractivity (Wildman–Crippen MR) is 75.0 cm³/mol. The molecule has 4 nitrogen and oxygen atoms in total. The quantitative estimate of drug-likeness (QED) is 0.802. The smallest absolute Gasteiger partial charge is 0.328 e. The maximum atomic E-state index is 12.4. The Kier molecular flexibility index (Phi) is 4.24. The second-order valence-corrected chi connectivity index (χ2v) is 5.39. The summed E-state index contributed by atoms with van der Waals surface area (Å²) in [5.41, 5.74) is 1.69. The van der Waals surface area contributed by atoms with Crippen LogP contribution in [0, 0.1) is 0 Å². The van der Waals surface area contributed by atoms with E-state index in [9.17, 15) is 9.59 Å². The lowest BCUT2D eigenvalue weighted by Crippen LogP contribution is -2.47. The third-order valence-electron chi connectivity index (χ3n) is 3.28. The van der Waals surface area contributed by atoms with E-state index >= 15 is 0 Å². The molecule has 0 N–H and O–H groups in total. The normalized spacial score (nSPS) is 15.9. The van der Waals surface area contributed by atoms with Gasteiger partial charge in [0.05, 0.1) is 6.61 Å². The standard InChI is InChI=1S/C14H16BrNO3/c1-3-19-14(18)9(2)16-7-6-10-8-11(15)4-5-12(10)13(16)17/h4-5,8-9H,3,6-7H2,1-2H3. The van der Waals surface area contributed by atoms with Gasteiger partial charge in [-0.05, 0) is 44.0 Å². The third kappa shape index (κ3) is 2.81. The molecule has 0 radical (unpaired) electrons. The Bertz CT molecular complexity index is 515. The Balaban J connectivity index is 2.21. The number of ether oxygens (including phenoxy) is 1. The molecule has 0 saturated carbocycles. The average molecular weight is 326 g/mol. The first kappa shape index (κ1) is 14.1. The molecule has 1 aromatic carbocycles. The number of hydrogen-bond acceptors (Lipinski definition) is 3. The molecule has 0 aliphatic carbocycles. The fourth-order valence-corrected chi connectivity index (χ4v) is 2.64. The highest BCUT2D eigenvalue weighted by Gasteiger charge is 2.31. The molecule has 0 spiro atoms. The first-order valence-electron chi connectivity index (χ1n) is 6.30. The topological polar surface area (TPSA) is 46.6 Å². The Morgan fingerprint density at radius 3 is 2.95 bits per heavy atom. The molecule has 102 valence electrons. The van der Waals surface area contributed by atoms with Gasteiger partial charge in [0.25, 0.3) is 5.91 Å². The molecule has 1 unspecified atom stereocenters. The number of carbonyl (C=O) groups excluding carboxylic acids is 2. The van der Waals surface area contributed by atoms with Gasteiger partial charge in [0.1, 0.15) is 6.04 Å². The van der Waals surface area contributed by atoms with Crippen molar-refractivity contribution in [3.8, 4) is 0 Å². The maximum Gasteiger partial charge on any atom is 0.328 e. The number of carbonyl (C=O) groups is 2. The van der Waals surface area contributed by atoms with Crippen LogP contribution in [0.4, 0.5) is 0 Å². The second-order valence-electron chi connectivity index (χ2n) is 4.48. The van der Waals surface area contributed by atoms with Crippen molar-refractivity contribution >= 4 is 27.8 Å². The number of rotatable bonds is 3. The lowest BCUT2D eigenvalue weighted by molar-refractivity contribution is -0.148. The Morgan fingerprint density at radius 2 is 2.26 bits per heavy atom. The van der Waals surface area contributed by atoms with Crippen LogP contribution in [0.1, 0.15) is 29.8 Å². The molecule has 0 saturated heterocycles. The van der Waals surface area contributed by atoms with Gasteiger partial charge in [0.15, 0.2) is 0 Å². The molecular formula is C14H16BrNO3. The van der Waals surface area contributed by atoms with Crippen molar-refractivity contribution in [1.82, 2.24) is 4.90 Å². The summed E-state index contributed by atoms with van der Waals surface area (Å²) in [5.74, 6) is -0.453. The molecule has 19 heavy (non-hydrogen) atoms. The zero-order chi connectivity index (χ0) is 14.0. The summed E-state index contributed by atoms with van der Waals surface area (Å²) in [5, 5.41) is 0. The van der Waals surface area contributed by atoms with Crippen molar-refractivity contribution < 1.29 is 14.3 Å². The molecule has 2 rings (SSSR count). The number of esters is 1. The summed E-state index contributed by atoms with van der Waals surface area (Å²) in [6, 6.07) is 5.06. The van der Waals surface area contributed by atoms with Crippen LogP contribution in [0.5, 0.6) is 0 Å². The molecular weight excluding hydrogens is 310 g/mol. The first-order valence-corrected chi connectivity index (χ1v) is 7.10. The lowest BCUT2D eigenvalue weighted by atomic mass is 9.98. The van der Waals surface area contributed by atoms with Crippen LogP contribution in [0.3, 0.4) is 0 Å². The number of benzene rings is 1. The summed E-state index contributed by atoms with van der Waals surface area (Å²) in [6.45, 7) is 4.34. The second kappa shape index (κ2) is 5.74. The van der Waals surface area contributed by atoms with E-state index < -0.39 is 6.04 Å². The first-order chi connectivity index (χ1) is 9.04. The van der Waals surface area contributed by atoms with E-state index in [0.29, 0.717) is 18.7 Å². The number of fused-ring (bicyclic) bond motifs is 1. The van der Waals surface area contributed by atoms with Gasteiger partial charge in [0.2, 0.25) is 0 Å². The third-order valence-corrected chi connectivity index (χ3v) is 3.77.